The highest BCUT2D eigenvalue weighted by molar-refractivity contribution is 7.99. The number of carbonyl (C=O) groups excluding carboxylic acids is 1. The predicted molar refractivity (Wildman–Crippen MR) is 73.2 cm³/mol. The van der Waals surface area contributed by atoms with Crippen molar-refractivity contribution in [3.05, 3.63) is 34.7 Å². The number of hydrogen-bond acceptors (Lipinski definition) is 3. The number of carbonyl (C=O) groups is 1. The van der Waals surface area contributed by atoms with Crippen LogP contribution in [0, 0.1) is 0 Å². The second kappa shape index (κ2) is 4.65. The van der Waals surface area contributed by atoms with Crippen molar-refractivity contribution in [3.63, 3.8) is 0 Å². The van der Waals surface area contributed by atoms with E-state index in [9.17, 15) is 9.59 Å². The van der Waals surface area contributed by atoms with Gasteiger partial charge < -0.3 is 4.79 Å². The van der Waals surface area contributed by atoms with Gasteiger partial charge >= 0.3 is 5.69 Å². The topological polar surface area (TPSA) is 44.0 Å². The molecule has 2 heterocycles. The number of benzene rings is 1. The monoisotopic (exact) mass is 262 g/mol. The Hall–Kier alpha value is -1.49. The van der Waals surface area contributed by atoms with E-state index in [1.807, 2.05) is 40.6 Å². The maximum absolute atomic E-state index is 12.4. The molecular weight excluding hydrogens is 248 g/mol. The quantitative estimate of drug-likeness (QED) is 0.790. The number of nitrogens with zero attached hydrogens (tertiary/aromatic N) is 2. The number of imidazole rings is 1. The summed E-state index contributed by atoms with van der Waals surface area (Å²) in [5, 5.41) is 0. The first-order chi connectivity index (χ1) is 8.83. The minimum atomic E-state index is -0.0594. The van der Waals surface area contributed by atoms with E-state index in [1.54, 1.807) is 4.57 Å². The lowest BCUT2D eigenvalue weighted by Gasteiger charge is -2.09. The van der Waals surface area contributed by atoms with Gasteiger partial charge in [-0.05, 0) is 24.3 Å². The van der Waals surface area contributed by atoms with Crippen LogP contribution in [0.5, 0.6) is 0 Å². The molecule has 5 heteroatoms. The molecule has 1 atom stereocenters. The first kappa shape index (κ1) is 11.6. The molecule has 3 rings (SSSR count). The molecule has 18 heavy (non-hydrogen) atoms. The van der Waals surface area contributed by atoms with Crippen LogP contribution in [0.2, 0.25) is 0 Å². The molecule has 1 aromatic carbocycles. The maximum Gasteiger partial charge on any atom is 0.329 e. The number of fused-ring (bicyclic) bond motifs is 1. The fraction of sp³-hybridized carbons (Fsp3) is 0.385. The molecule has 0 aliphatic carbocycles. The number of para-hydroxylation sites is 2. The summed E-state index contributed by atoms with van der Waals surface area (Å²) >= 11 is 1.88. The minimum absolute atomic E-state index is 0.0594. The zero-order valence-electron chi connectivity index (χ0n) is 9.91. The summed E-state index contributed by atoms with van der Waals surface area (Å²) in [5.74, 6) is 2.08. The lowest BCUT2D eigenvalue weighted by atomic mass is 10.2. The van der Waals surface area contributed by atoms with Gasteiger partial charge in [-0.2, -0.15) is 11.8 Å². The Kier molecular flexibility index (Phi) is 2.99. The van der Waals surface area contributed by atoms with Crippen LogP contribution < -0.4 is 5.69 Å². The average Bonchev–Trinajstić information content (AvgIpc) is 2.98. The molecule has 1 unspecified atom stereocenters. The van der Waals surface area contributed by atoms with Crippen LogP contribution in [-0.2, 0) is 11.3 Å². The molecule has 0 saturated carbocycles. The maximum atomic E-state index is 12.4. The largest absolute Gasteiger partial charge is 0.329 e. The van der Waals surface area contributed by atoms with E-state index in [0.29, 0.717) is 0 Å². The molecule has 94 valence electrons. The zero-order valence-corrected chi connectivity index (χ0v) is 10.7. The smallest absolute Gasteiger partial charge is 0.301 e. The molecule has 1 saturated heterocycles. The summed E-state index contributed by atoms with van der Waals surface area (Å²) in [6, 6.07) is 7.96. The molecular formula is C13H14N2O2S. The highest BCUT2D eigenvalue weighted by Gasteiger charge is 2.23. The van der Waals surface area contributed by atoms with Crippen LogP contribution in [0.4, 0.5) is 0 Å². The Morgan fingerprint density at radius 2 is 2.11 bits per heavy atom. The van der Waals surface area contributed by atoms with Gasteiger partial charge in [-0.3, -0.25) is 9.13 Å². The fourth-order valence-corrected chi connectivity index (χ4v) is 3.76. The number of aldehydes is 1. The van der Waals surface area contributed by atoms with Crippen LogP contribution in [0.15, 0.2) is 29.1 Å². The van der Waals surface area contributed by atoms with Crippen molar-refractivity contribution >= 4 is 29.1 Å². The zero-order chi connectivity index (χ0) is 12.5. The molecule has 0 spiro atoms. The normalized spacial score (nSPS) is 19.4. The molecule has 1 fully saturated rings. The average molecular weight is 262 g/mol. The van der Waals surface area contributed by atoms with Gasteiger partial charge in [0.05, 0.1) is 17.6 Å². The van der Waals surface area contributed by atoms with E-state index in [1.165, 1.54) is 0 Å². The van der Waals surface area contributed by atoms with Gasteiger partial charge in [-0.1, -0.05) is 12.1 Å². The van der Waals surface area contributed by atoms with Crippen LogP contribution in [0.25, 0.3) is 11.0 Å². The summed E-state index contributed by atoms with van der Waals surface area (Å²) in [7, 11) is 0. The van der Waals surface area contributed by atoms with Gasteiger partial charge in [-0.25, -0.2) is 4.79 Å². The number of rotatable bonds is 3. The molecule has 0 amide bonds. The third-order valence-electron chi connectivity index (χ3n) is 3.40. The summed E-state index contributed by atoms with van der Waals surface area (Å²) in [6.07, 6.45) is 1.81. The minimum Gasteiger partial charge on any atom is -0.301 e. The second-order valence-corrected chi connectivity index (χ2v) is 5.59. The Morgan fingerprint density at radius 3 is 2.78 bits per heavy atom. The molecule has 4 nitrogen and oxygen atoms in total. The highest BCUT2D eigenvalue weighted by atomic mass is 32.2. The van der Waals surface area contributed by atoms with Crippen molar-refractivity contribution in [3.8, 4) is 0 Å². The fourth-order valence-electron chi connectivity index (χ4n) is 2.56. The summed E-state index contributed by atoms with van der Waals surface area (Å²) in [6.45, 7) is 0.131. The first-order valence-corrected chi connectivity index (χ1v) is 7.19. The molecule has 0 bridgehead atoms. The van der Waals surface area contributed by atoms with Crippen molar-refractivity contribution < 1.29 is 4.79 Å². The number of hydrogen-bond donors (Lipinski definition) is 0. The van der Waals surface area contributed by atoms with Crippen LogP contribution in [-0.4, -0.2) is 26.9 Å². The van der Waals surface area contributed by atoms with Gasteiger partial charge in [0.2, 0.25) is 0 Å². The SMILES string of the molecule is O=CCn1c(=O)n(C2CCSC2)c2ccccc21. The van der Waals surface area contributed by atoms with E-state index in [0.717, 1.165) is 35.2 Å². The van der Waals surface area contributed by atoms with Gasteiger partial charge in [0.15, 0.2) is 0 Å². The van der Waals surface area contributed by atoms with Gasteiger partial charge in [0.25, 0.3) is 0 Å². The van der Waals surface area contributed by atoms with Gasteiger partial charge in [0.1, 0.15) is 6.29 Å². The van der Waals surface area contributed by atoms with Crippen LogP contribution in [0.1, 0.15) is 12.5 Å². The lowest BCUT2D eigenvalue weighted by molar-refractivity contribution is -0.108. The van der Waals surface area contributed by atoms with E-state index in [-0.39, 0.29) is 18.3 Å². The number of thioether (sulfide) groups is 1. The van der Waals surface area contributed by atoms with Gasteiger partial charge in [-0.15, -0.1) is 0 Å². The Balaban J connectivity index is 2.26. The van der Waals surface area contributed by atoms with Crippen molar-refractivity contribution in [1.82, 2.24) is 9.13 Å². The molecule has 1 aliphatic rings. The number of aromatic nitrogens is 2. The lowest BCUT2D eigenvalue weighted by Crippen LogP contribution is -2.27. The van der Waals surface area contributed by atoms with E-state index in [4.69, 9.17) is 0 Å². The third kappa shape index (κ3) is 1.70. The van der Waals surface area contributed by atoms with Crippen molar-refractivity contribution in [1.29, 1.82) is 0 Å². The summed E-state index contributed by atoms with van der Waals surface area (Å²) < 4.78 is 3.42. The van der Waals surface area contributed by atoms with Crippen molar-refractivity contribution in [2.75, 3.05) is 11.5 Å². The highest BCUT2D eigenvalue weighted by Crippen LogP contribution is 2.29. The molecule has 2 aromatic rings. The van der Waals surface area contributed by atoms with Gasteiger partial charge in [0, 0.05) is 11.8 Å². The summed E-state index contributed by atoms with van der Waals surface area (Å²) in [5.41, 5.74) is 1.74. The summed E-state index contributed by atoms with van der Waals surface area (Å²) in [4.78, 5) is 23.2. The molecule has 0 N–H and O–H groups in total. The Labute approximate surface area is 109 Å². The third-order valence-corrected chi connectivity index (χ3v) is 4.54. The Morgan fingerprint density at radius 1 is 1.33 bits per heavy atom. The second-order valence-electron chi connectivity index (χ2n) is 4.44. The van der Waals surface area contributed by atoms with Crippen LogP contribution >= 0.6 is 11.8 Å². The van der Waals surface area contributed by atoms with Crippen LogP contribution in [0.3, 0.4) is 0 Å². The van der Waals surface area contributed by atoms with Crippen molar-refractivity contribution in [2.45, 2.75) is 19.0 Å². The van der Waals surface area contributed by atoms with Crippen molar-refractivity contribution in [2.24, 2.45) is 0 Å². The standard InChI is InChI=1S/C13H14N2O2S/c16-7-6-14-11-3-1-2-4-12(11)15(13(14)17)10-5-8-18-9-10/h1-4,7,10H,5-6,8-9H2. The molecule has 1 aromatic heterocycles. The first-order valence-electron chi connectivity index (χ1n) is 6.04. The Bertz CT molecular complexity index is 638. The molecule has 0 radical (unpaired) electrons. The van der Waals surface area contributed by atoms with E-state index in [2.05, 4.69) is 0 Å². The predicted octanol–water partition coefficient (Wildman–Crippen LogP) is 1.68. The van der Waals surface area contributed by atoms with E-state index >= 15 is 0 Å². The van der Waals surface area contributed by atoms with E-state index < -0.39 is 0 Å². The molecule has 1 aliphatic heterocycles.